The van der Waals surface area contributed by atoms with Crippen LogP contribution in [0.2, 0.25) is 0 Å². The second-order valence-electron chi connectivity index (χ2n) is 6.34. The van der Waals surface area contributed by atoms with Crippen molar-refractivity contribution in [1.82, 2.24) is 29.5 Å². The lowest BCUT2D eigenvalue weighted by molar-refractivity contribution is 0.674. The molecule has 4 rings (SSSR count). The molecular formula is C17H20N6. The highest BCUT2D eigenvalue weighted by atomic mass is 15.3. The quantitative estimate of drug-likeness (QED) is 0.742. The second-order valence-corrected chi connectivity index (χ2v) is 6.34. The molecular weight excluding hydrogens is 288 g/mol. The van der Waals surface area contributed by atoms with Crippen molar-refractivity contribution < 1.29 is 0 Å². The Hall–Kier alpha value is -2.50. The van der Waals surface area contributed by atoms with Gasteiger partial charge >= 0.3 is 0 Å². The molecule has 1 saturated carbocycles. The van der Waals surface area contributed by atoms with Gasteiger partial charge in [0.25, 0.3) is 0 Å². The van der Waals surface area contributed by atoms with Crippen LogP contribution >= 0.6 is 0 Å². The van der Waals surface area contributed by atoms with Gasteiger partial charge < -0.3 is 9.13 Å². The highest BCUT2D eigenvalue weighted by Crippen LogP contribution is 2.48. The van der Waals surface area contributed by atoms with E-state index in [-0.39, 0.29) is 0 Å². The van der Waals surface area contributed by atoms with E-state index in [4.69, 9.17) is 0 Å². The van der Waals surface area contributed by atoms with Gasteiger partial charge in [-0.25, -0.2) is 0 Å². The molecule has 0 bridgehead atoms. The van der Waals surface area contributed by atoms with Gasteiger partial charge in [0.1, 0.15) is 17.5 Å². The molecule has 0 aliphatic heterocycles. The molecule has 118 valence electrons. The number of aromatic nitrogens is 6. The summed E-state index contributed by atoms with van der Waals surface area (Å²) in [6, 6.07) is 10.2. The normalized spacial score (nSPS) is 20.0. The Kier molecular flexibility index (Phi) is 3.25. The van der Waals surface area contributed by atoms with Crippen LogP contribution in [0.3, 0.4) is 0 Å². The van der Waals surface area contributed by atoms with Crippen LogP contribution in [0.5, 0.6) is 0 Å². The van der Waals surface area contributed by atoms with E-state index in [1.165, 1.54) is 0 Å². The van der Waals surface area contributed by atoms with E-state index in [9.17, 15) is 0 Å². The monoisotopic (exact) mass is 308 g/mol. The van der Waals surface area contributed by atoms with Crippen molar-refractivity contribution in [2.45, 2.75) is 25.7 Å². The summed E-state index contributed by atoms with van der Waals surface area (Å²) in [5.41, 5.74) is 1.10. The third-order valence-electron chi connectivity index (χ3n) is 4.82. The lowest BCUT2D eigenvalue weighted by Crippen LogP contribution is -2.03. The van der Waals surface area contributed by atoms with Gasteiger partial charge in [-0.15, -0.1) is 20.4 Å². The first-order valence-electron chi connectivity index (χ1n) is 7.94. The van der Waals surface area contributed by atoms with Gasteiger partial charge in [-0.3, -0.25) is 0 Å². The molecule has 6 heteroatoms. The molecule has 23 heavy (non-hydrogen) atoms. The molecule has 0 N–H and O–H groups in total. The summed E-state index contributed by atoms with van der Waals surface area (Å²) in [5.74, 6) is 5.11. The minimum absolute atomic E-state index is 0.498. The third kappa shape index (κ3) is 2.44. The molecule has 2 heterocycles. The maximum Gasteiger partial charge on any atom is 0.163 e. The van der Waals surface area contributed by atoms with Crippen LogP contribution in [0.25, 0.3) is 11.4 Å². The first kappa shape index (κ1) is 14.1. The van der Waals surface area contributed by atoms with Crippen molar-refractivity contribution in [1.29, 1.82) is 0 Å². The van der Waals surface area contributed by atoms with Crippen LogP contribution in [0, 0.1) is 12.8 Å². The standard InChI is InChI=1S/C17H20N6/c1-11-18-21-17(22(11)2)14-9-13(14)10-15-19-20-16(23(15)3)12-7-5-4-6-8-12/h4-8,13-14H,9-10H2,1-3H3. The highest BCUT2D eigenvalue weighted by molar-refractivity contribution is 5.54. The van der Waals surface area contributed by atoms with Gasteiger partial charge in [0.2, 0.25) is 0 Å². The maximum absolute atomic E-state index is 4.40. The minimum atomic E-state index is 0.498. The molecule has 0 spiro atoms. The van der Waals surface area contributed by atoms with Crippen LogP contribution in [-0.4, -0.2) is 29.5 Å². The molecule has 2 atom stereocenters. The summed E-state index contributed by atoms with van der Waals surface area (Å²) in [7, 11) is 4.08. The van der Waals surface area contributed by atoms with Gasteiger partial charge in [-0.05, 0) is 19.3 Å². The highest BCUT2D eigenvalue weighted by Gasteiger charge is 2.42. The molecule has 0 saturated heterocycles. The summed E-state index contributed by atoms with van der Waals surface area (Å²) < 4.78 is 4.20. The number of nitrogens with zero attached hydrogens (tertiary/aromatic N) is 6. The predicted molar refractivity (Wildman–Crippen MR) is 86.7 cm³/mol. The first-order valence-corrected chi connectivity index (χ1v) is 7.94. The third-order valence-corrected chi connectivity index (χ3v) is 4.82. The van der Waals surface area contributed by atoms with Crippen molar-refractivity contribution >= 4 is 0 Å². The zero-order valence-corrected chi connectivity index (χ0v) is 13.6. The van der Waals surface area contributed by atoms with E-state index in [0.29, 0.717) is 11.8 Å². The Balaban J connectivity index is 1.51. The first-order chi connectivity index (χ1) is 11.1. The Morgan fingerprint density at radius 3 is 2.48 bits per heavy atom. The van der Waals surface area contributed by atoms with E-state index in [1.54, 1.807) is 0 Å². The summed E-state index contributed by atoms with van der Waals surface area (Å²) in [5, 5.41) is 17.2. The molecule has 1 fully saturated rings. The molecule has 0 amide bonds. The predicted octanol–water partition coefficient (Wildman–Crippen LogP) is 2.27. The summed E-state index contributed by atoms with van der Waals surface area (Å²) in [6.45, 7) is 1.99. The Morgan fingerprint density at radius 2 is 1.78 bits per heavy atom. The number of hydrogen-bond acceptors (Lipinski definition) is 4. The fourth-order valence-electron chi connectivity index (χ4n) is 3.15. The average Bonchev–Trinajstić information content (AvgIpc) is 3.11. The molecule has 1 aromatic carbocycles. The van der Waals surface area contributed by atoms with Crippen LogP contribution in [0.1, 0.15) is 29.8 Å². The fourth-order valence-corrected chi connectivity index (χ4v) is 3.15. The van der Waals surface area contributed by atoms with Crippen LogP contribution in [0.4, 0.5) is 0 Å². The largest absolute Gasteiger partial charge is 0.318 e. The van der Waals surface area contributed by atoms with E-state index in [1.807, 2.05) is 39.2 Å². The van der Waals surface area contributed by atoms with Crippen molar-refractivity contribution in [3.8, 4) is 11.4 Å². The van der Waals surface area contributed by atoms with Crippen molar-refractivity contribution in [2.75, 3.05) is 0 Å². The van der Waals surface area contributed by atoms with Gasteiger partial charge in [-0.1, -0.05) is 30.3 Å². The zero-order valence-electron chi connectivity index (χ0n) is 13.6. The second kappa shape index (κ2) is 5.30. The Bertz CT molecular complexity index is 832. The molecule has 2 aromatic heterocycles. The van der Waals surface area contributed by atoms with Gasteiger partial charge in [0.15, 0.2) is 5.82 Å². The molecule has 3 aromatic rings. The topological polar surface area (TPSA) is 61.4 Å². The molecule has 1 aliphatic carbocycles. The fraction of sp³-hybridized carbons (Fsp3) is 0.412. The molecule has 2 unspecified atom stereocenters. The summed E-state index contributed by atoms with van der Waals surface area (Å²) >= 11 is 0. The Morgan fingerprint density at radius 1 is 1.00 bits per heavy atom. The molecule has 6 nitrogen and oxygen atoms in total. The number of rotatable bonds is 4. The molecule has 0 radical (unpaired) electrons. The van der Waals surface area contributed by atoms with Crippen molar-refractivity contribution in [2.24, 2.45) is 20.0 Å². The van der Waals surface area contributed by atoms with Crippen LogP contribution < -0.4 is 0 Å². The summed E-state index contributed by atoms with van der Waals surface area (Å²) in [6.07, 6.45) is 2.09. The Labute approximate surface area is 135 Å². The van der Waals surface area contributed by atoms with Crippen LogP contribution in [-0.2, 0) is 20.5 Å². The van der Waals surface area contributed by atoms with E-state index < -0.39 is 0 Å². The molecule has 1 aliphatic rings. The zero-order chi connectivity index (χ0) is 16.0. The van der Waals surface area contributed by atoms with Crippen molar-refractivity contribution in [3.05, 3.63) is 47.8 Å². The van der Waals surface area contributed by atoms with Crippen LogP contribution in [0.15, 0.2) is 30.3 Å². The number of aryl methyl sites for hydroxylation is 1. The van der Waals surface area contributed by atoms with E-state index >= 15 is 0 Å². The lowest BCUT2D eigenvalue weighted by Gasteiger charge is -2.04. The maximum atomic E-state index is 4.40. The van der Waals surface area contributed by atoms with Crippen molar-refractivity contribution in [3.63, 3.8) is 0 Å². The minimum Gasteiger partial charge on any atom is -0.318 e. The van der Waals surface area contributed by atoms with Gasteiger partial charge in [0, 0.05) is 32.0 Å². The van der Waals surface area contributed by atoms with E-state index in [0.717, 1.165) is 41.7 Å². The van der Waals surface area contributed by atoms with Gasteiger partial charge in [-0.2, -0.15) is 0 Å². The number of hydrogen-bond donors (Lipinski definition) is 0. The summed E-state index contributed by atoms with van der Waals surface area (Å²) in [4.78, 5) is 0. The lowest BCUT2D eigenvalue weighted by atomic mass is 10.2. The van der Waals surface area contributed by atoms with E-state index in [2.05, 4.69) is 41.7 Å². The van der Waals surface area contributed by atoms with Gasteiger partial charge in [0.05, 0.1) is 0 Å². The number of benzene rings is 1. The SMILES string of the molecule is Cc1nnc(C2CC2Cc2nnc(-c3ccccc3)n2C)n1C. The smallest absolute Gasteiger partial charge is 0.163 e. The average molecular weight is 308 g/mol.